The summed E-state index contributed by atoms with van der Waals surface area (Å²) in [5.41, 5.74) is 4.49. The van der Waals surface area contributed by atoms with Gasteiger partial charge < -0.3 is 0 Å². The molecule has 1 aromatic carbocycles. The lowest BCUT2D eigenvalue weighted by Gasteiger charge is -2.19. The van der Waals surface area contributed by atoms with E-state index in [1.165, 1.54) is 19.3 Å². The van der Waals surface area contributed by atoms with Crippen molar-refractivity contribution >= 4 is 16.4 Å². The van der Waals surface area contributed by atoms with E-state index in [-0.39, 0.29) is 5.69 Å². The third-order valence-corrected chi connectivity index (χ3v) is 6.56. The third kappa shape index (κ3) is 3.48. The number of carbonyl (C=O) groups is 1. The average Bonchev–Trinajstić information content (AvgIpc) is 3.32. The predicted octanol–water partition coefficient (Wildman–Crippen LogP) is 3.65. The van der Waals surface area contributed by atoms with Gasteiger partial charge in [-0.05, 0) is 67.7 Å². The molecule has 2 saturated carbocycles. The monoisotopic (exact) mass is 385 g/mol. The normalized spacial score (nSPS) is 23.6. The van der Waals surface area contributed by atoms with Crippen molar-refractivity contribution in [2.24, 2.45) is 16.2 Å². The first-order valence-electron chi connectivity index (χ1n) is 9.40. The zero-order chi connectivity index (χ0) is 19.1. The van der Waals surface area contributed by atoms with E-state index in [1.54, 1.807) is 10.7 Å². The molecule has 7 heteroatoms. The van der Waals surface area contributed by atoms with E-state index in [1.807, 2.05) is 32.0 Å². The highest BCUT2D eigenvalue weighted by atomic mass is 32.2. The van der Waals surface area contributed by atoms with Crippen LogP contribution in [0.1, 0.15) is 64.5 Å². The Morgan fingerprint density at radius 2 is 1.96 bits per heavy atom. The highest BCUT2D eigenvalue weighted by molar-refractivity contribution is 7.62. The fraction of sp³-hybridized carbons (Fsp3) is 0.500. The summed E-state index contributed by atoms with van der Waals surface area (Å²) in [5.74, 6) is 1.01. The molecule has 0 spiro atoms. The molecule has 4 rings (SSSR count). The number of hydrogen-bond donors (Lipinski definition) is 0. The van der Waals surface area contributed by atoms with Crippen LogP contribution in [0.15, 0.2) is 28.6 Å². The minimum absolute atomic E-state index is 0.250. The number of amides is 1. The van der Waals surface area contributed by atoms with E-state index in [0.717, 1.165) is 34.7 Å². The summed E-state index contributed by atoms with van der Waals surface area (Å²) in [6.45, 7) is 4.49. The molecule has 6 nitrogen and oxygen atoms in total. The van der Waals surface area contributed by atoms with Gasteiger partial charge in [0.1, 0.15) is 5.69 Å². The van der Waals surface area contributed by atoms with Crippen molar-refractivity contribution < 1.29 is 13.2 Å². The SMILES string of the molecule is Cc1cccc(C)c1Cn1nc(C2CC3CCC2C3)cc1C(=O)N=S(=O)=O. The van der Waals surface area contributed by atoms with Gasteiger partial charge in [0.2, 0.25) is 0 Å². The Morgan fingerprint density at radius 1 is 1.22 bits per heavy atom. The molecule has 0 radical (unpaired) electrons. The number of rotatable bonds is 4. The minimum Gasteiger partial charge on any atom is -0.264 e. The lowest BCUT2D eigenvalue weighted by Crippen LogP contribution is -2.13. The Hall–Kier alpha value is -2.28. The molecule has 1 amide bonds. The summed E-state index contributed by atoms with van der Waals surface area (Å²) >= 11 is 0. The van der Waals surface area contributed by atoms with Crippen LogP contribution in [0.5, 0.6) is 0 Å². The second-order valence-corrected chi connectivity index (χ2v) is 8.49. The fourth-order valence-corrected chi connectivity index (χ4v) is 5.11. The van der Waals surface area contributed by atoms with Crippen LogP contribution in [-0.2, 0) is 17.0 Å². The van der Waals surface area contributed by atoms with Crippen molar-refractivity contribution in [2.45, 2.75) is 52.0 Å². The predicted molar refractivity (Wildman–Crippen MR) is 101 cm³/mol. The molecule has 0 saturated heterocycles. The minimum atomic E-state index is -2.77. The molecule has 3 atom stereocenters. The molecule has 1 heterocycles. The Labute approximate surface area is 160 Å². The quantitative estimate of drug-likeness (QED) is 0.804. The molecule has 0 N–H and O–H groups in total. The molecule has 2 aliphatic carbocycles. The van der Waals surface area contributed by atoms with Crippen LogP contribution in [0.3, 0.4) is 0 Å². The smallest absolute Gasteiger partial charge is 0.264 e. The van der Waals surface area contributed by atoms with Crippen molar-refractivity contribution in [3.8, 4) is 0 Å². The van der Waals surface area contributed by atoms with Gasteiger partial charge in [-0.15, -0.1) is 0 Å². The Balaban J connectivity index is 1.74. The Bertz CT molecular complexity index is 1010. The number of aryl methyl sites for hydroxylation is 2. The van der Waals surface area contributed by atoms with Crippen LogP contribution in [0, 0.1) is 25.7 Å². The van der Waals surface area contributed by atoms with Gasteiger partial charge in [-0.3, -0.25) is 9.48 Å². The van der Waals surface area contributed by atoms with Crippen molar-refractivity contribution in [3.63, 3.8) is 0 Å². The summed E-state index contributed by atoms with van der Waals surface area (Å²) in [6, 6.07) is 7.82. The fourth-order valence-electron chi connectivity index (χ4n) is 4.88. The maximum Gasteiger partial charge on any atom is 0.319 e. The molecular formula is C20H23N3O3S. The number of hydrogen-bond acceptors (Lipinski definition) is 4. The second-order valence-electron chi connectivity index (χ2n) is 7.88. The second kappa shape index (κ2) is 7.03. The van der Waals surface area contributed by atoms with E-state index in [9.17, 15) is 13.2 Å². The lowest BCUT2D eigenvalue weighted by atomic mass is 9.86. The first-order valence-corrected chi connectivity index (χ1v) is 10.4. The van der Waals surface area contributed by atoms with Crippen molar-refractivity contribution in [3.05, 3.63) is 52.3 Å². The zero-order valence-corrected chi connectivity index (χ0v) is 16.4. The maximum absolute atomic E-state index is 12.4. The van der Waals surface area contributed by atoms with Crippen LogP contribution in [0.2, 0.25) is 0 Å². The van der Waals surface area contributed by atoms with Crippen molar-refractivity contribution in [1.29, 1.82) is 0 Å². The highest BCUT2D eigenvalue weighted by Gasteiger charge is 2.41. The average molecular weight is 385 g/mol. The maximum atomic E-state index is 12.4. The molecule has 27 heavy (non-hydrogen) atoms. The van der Waals surface area contributed by atoms with Gasteiger partial charge in [0.15, 0.2) is 0 Å². The number of fused-ring (bicyclic) bond motifs is 2. The van der Waals surface area contributed by atoms with Gasteiger partial charge in [0.05, 0.1) is 12.2 Å². The molecule has 2 aromatic rings. The standard InChI is InChI=1S/C20H23N3O3S/c1-12-4-3-5-13(2)17(12)11-23-19(20(24)22-27(25)26)10-18(21-23)16-9-14-6-7-15(16)8-14/h3-5,10,14-16H,6-9,11H2,1-2H3. The van der Waals surface area contributed by atoms with Gasteiger partial charge >= 0.3 is 16.4 Å². The molecular weight excluding hydrogens is 362 g/mol. The number of aromatic nitrogens is 2. The lowest BCUT2D eigenvalue weighted by molar-refractivity contribution is 0.0995. The number of nitrogens with zero attached hydrogens (tertiary/aromatic N) is 3. The van der Waals surface area contributed by atoms with E-state index in [0.29, 0.717) is 18.4 Å². The van der Waals surface area contributed by atoms with E-state index in [4.69, 9.17) is 5.10 Å². The van der Waals surface area contributed by atoms with Crippen LogP contribution in [0.25, 0.3) is 0 Å². The zero-order valence-electron chi connectivity index (χ0n) is 15.6. The molecule has 3 unspecified atom stereocenters. The Morgan fingerprint density at radius 3 is 2.56 bits per heavy atom. The first kappa shape index (κ1) is 18.1. The summed E-state index contributed by atoms with van der Waals surface area (Å²) in [5, 5.41) is 4.75. The van der Waals surface area contributed by atoms with Gasteiger partial charge in [-0.25, -0.2) is 0 Å². The van der Waals surface area contributed by atoms with Gasteiger partial charge in [-0.1, -0.05) is 29.0 Å². The van der Waals surface area contributed by atoms with Gasteiger partial charge in [-0.2, -0.15) is 13.5 Å². The first-order chi connectivity index (χ1) is 12.9. The van der Waals surface area contributed by atoms with Crippen molar-refractivity contribution in [2.75, 3.05) is 0 Å². The molecule has 2 fully saturated rings. The highest BCUT2D eigenvalue weighted by Crippen LogP contribution is 2.52. The Kier molecular flexibility index (Phi) is 4.72. The van der Waals surface area contributed by atoms with Crippen LogP contribution in [-0.4, -0.2) is 24.1 Å². The molecule has 2 bridgehead atoms. The molecule has 2 aliphatic rings. The summed E-state index contributed by atoms with van der Waals surface area (Å²) in [7, 11) is -2.77. The van der Waals surface area contributed by atoms with Crippen LogP contribution < -0.4 is 0 Å². The van der Waals surface area contributed by atoms with E-state index < -0.39 is 16.4 Å². The molecule has 0 aliphatic heterocycles. The number of carbonyl (C=O) groups excluding carboxylic acids is 1. The van der Waals surface area contributed by atoms with E-state index >= 15 is 0 Å². The largest absolute Gasteiger partial charge is 0.319 e. The summed E-state index contributed by atoms with van der Waals surface area (Å²) in [6.07, 6.45) is 4.87. The van der Waals surface area contributed by atoms with Crippen molar-refractivity contribution in [1.82, 2.24) is 9.78 Å². The van der Waals surface area contributed by atoms with Crippen LogP contribution >= 0.6 is 0 Å². The van der Waals surface area contributed by atoms with Crippen LogP contribution in [0.4, 0.5) is 0 Å². The van der Waals surface area contributed by atoms with Gasteiger partial charge in [0, 0.05) is 5.92 Å². The van der Waals surface area contributed by atoms with Gasteiger partial charge in [0.25, 0.3) is 0 Å². The topological polar surface area (TPSA) is 81.4 Å². The summed E-state index contributed by atoms with van der Waals surface area (Å²) in [4.78, 5) is 12.4. The molecule has 142 valence electrons. The molecule has 1 aromatic heterocycles. The van der Waals surface area contributed by atoms with E-state index in [2.05, 4.69) is 4.36 Å². The third-order valence-electron chi connectivity index (χ3n) is 6.25. The number of benzene rings is 1. The summed E-state index contributed by atoms with van der Waals surface area (Å²) < 4.78 is 26.7.